The lowest BCUT2D eigenvalue weighted by Gasteiger charge is -2.46. The average Bonchev–Trinajstić information content (AvgIpc) is 2.89. The van der Waals surface area contributed by atoms with Crippen LogP contribution in [0.2, 0.25) is 0 Å². The van der Waals surface area contributed by atoms with Gasteiger partial charge in [-0.15, -0.1) is 0 Å². The first-order valence-electron chi connectivity index (χ1n) is 7.08. The molecule has 3 heterocycles. The third-order valence-corrected chi connectivity index (χ3v) is 5.37. The van der Waals surface area contributed by atoms with E-state index in [0.717, 1.165) is 38.2 Å². The van der Waals surface area contributed by atoms with Crippen molar-refractivity contribution in [2.75, 3.05) is 31.6 Å². The average molecular weight is 299 g/mol. The molecule has 2 aliphatic rings. The van der Waals surface area contributed by atoms with E-state index in [-0.39, 0.29) is 12.0 Å². The maximum Gasteiger partial charge on any atom is 0.147 e. The van der Waals surface area contributed by atoms with Crippen LogP contribution in [0.25, 0.3) is 0 Å². The zero-order chi connectivity index (χ0) is 14.2. The molecule has 6 nitrogen and oxygen atoms in total. The molecule has 20 heavy (non-hydrogen) atoms. The predicted octanol–water partition coefficient (Wildman–Crippen LogP) is 0.444. The van der Waals surface area contributed by atoms with Crippen molar-refractivity contribution in [3.05, 3.63) is 18.0 Å². The van der Waals surface area contributed by atoms with Crippen LogP contribution in [0, 0.1) is 5.92 Å². The minimum atomic E-state index is -2.89. The van der Waals surface area contributed by atoms with Crippen molar-refractivity contribution in [3.63, 3.8) is 0 Å². The maximum absolute atomic E-state index is 11.5. The lowest BCUT2D eigenvalue weighted by atomic mass is 9.87. The van der Waals surface area contributed by atoms with E-state index in [2.05, 4.69) is 15.4 Å². The van der Waals surface area contributed by atoms with E-state index < -0.39 is 9.84 Å². The van der Waals surface area contributed by atoms with E-state index in [1.807, 2.05) is 6.07 Å². The molecule has 0 aromatic carbocycles. The van der Waals surface area contributed by atoms with Crippen LogP contribution in [0.15, 0.2) is 16.9 Å². The second-order valence-corrected chi connectivity index (χ2v) is 8.14. The minimum absolute atomic E-state index is 0.196. The van der Waals surface area contributed by atoms with Gasteiger partial charge in [-0.05, 0) is 18.8 Å². The zero-order valence-corrected chi connectivity index (χ0v) is 12.5. The first kappa shape index (κ1) is 14.0. The first-order valence-corrected chi connectivity index (χ1v) is 9.14. The Bertz CT molecular complexity index is 543. The van der Waals surface area contributed by atoms with Gasteiger partial charge in [-0.3, -0.25) is 4.90 Å². The molecule has 1 aromatic rings. The summed E-state index contributed by atoms with van der Waals surface area (Å²) in [5.41, 5.74) is 0.946. The molecule has 1 N–H and O–H groups in total. The van der Waals surface area contributed by atoms with E-state index in [1.165, 1.54) is 6.26 Å². The highest BCUT2D eigenvalue weighted by molar-refractivity contribution is 7.90. The van der Waals surface area contributed by atoms with Crippen molar-refractivity contribution in [3.8, 4) is 0 Å². The second-order valence-electron chi connectivity index (χ2n) is 5.95. The lowest BCUT2D eigenvalue weighted by molar-refractivity contribution is 0.0575. The SMILES string of the molecule is CS(=O)(=O)CC1CCC2C(c3ccon3)NCCN2C1. The molecular formula is C13H21N3O3S. The largest absolute Gasteiger partial charge is 0.364 e. The van der Waals surface area contributed by atoms with Gasteiger partial charge in [0.15, 0.2) is 0 Å². The third-order valence-electron chi connectivity index (χ3n) is 4.30. The van der Waals surface area contributed by atoms with Crippen molar-refractivity contribution in [1.82, 2.24) is 15.4 Å². The standard InChI is InChI=1S/C13H21N3O3S/c1-20(17,18)9-10-2-3-12-13(11-4-7-19-15-11)14-5-6-16(12)8-10/h4,7,10,12-14H,2-3,5-6,8-9H2,1H3. The van der Waals surface area contributed by atoms with Gasteiger partial charge in [0.05, 0.1) is 11.8 Å². The molecular weight excluding hydrogens is 278 g/mol. The Hall–Kier alpha value is -0.920. The summed E-state index contributed by atoms with van der Waals surface area (Å²) in [7, 11) is -2.89. The van der Waals surface area contributed by atoms with Crippen LogP contribution >= 0.6 is 0 Å². The fraction of sp³-hybridized carbons (Fsp3) is 0.769. The molecule has 0 radical (unpaired) electrons. The monoisotopic (exact) mass is 299 g/mol. The molecule has 0 aliphatic carbocycles. The predicted molar refractivity (Wildman–Crippen MR) is 75.0 cm³/mol. The van der Waals surface area contributed by atoms with Gasteiger partial charge in [-0.2, -0.15) is 0 Å². The molecule has 3 rings (SSSR count). The summed E-state index contributed by atoms with van der Waals surface area (Å²) >= 11 is 0. The Morgan fingerprint density at radius 3 is 3.05 bits per heavy atom. The molecule has 0 amide bonds. The number of sulfone groups is 1. The van der Waals surface area contributed by atoms with E-state index >= 15 is 0 Å². The summed E-state index contributed by atoms with van der Waals surface area (Å²) in [6, 6.07) is 2.50. The molecule has 3 unspecified atom stereocenters. The van der Waals surface area contributed by atoms with Gasteiger partial charge in [0, 0.05) is 38.0 Å². The molecule has 0 saturated carbocycles. The molecule has 2 aliphatic heterocycles. The number of nitrogens with zero attached hydrogens (tertiary/aromatic N) is 2. The number of aromatic nitrogens is 1. The van der Waals surface area contributed by atoms with Crippen LogP contribution in [0.3, 0.4) is 0 Å². The highest BCUT2D eigenvalue weighted by atomic mass is 32.2. The summed E-state index contributed by atoms with van der Waals surface area (Å²) in [6.45, 7) is 2.74. The second kappa shape index (κ2) is 5.46. The molecule has 7 heteroatoms. The quantitative estimate of drug-likeness (QED) is 0.873. The molecule has 1 aromatic heterocycles. The van der Waals surface area contributed by atoms with Crippen LogP contribution in [-0.2, 0) is 9.84 Å². The van der Waals surface area contributed by atoms with Crippen molar-refractivity contribution >= 4 is 9.84 Å². The molecule has 3 atom stereocenters. The number of nitrogens with one attached hydrogen (secondary N) is 1. The third kappa shape index (κ3) is 3.05. The molecule has 0 spiro atoms. The van der Waals surface area contributed by atoms with Gasteiger partial charge in [-0.25, -0.2) is 8.42 Å². The van der Waals surface area contributed by atoms with E-state index in [0.29, 0.717) is 11.8 Å². The van der Waals surface area contributed by atoms with Crippen LogP contribution in [0.1, 0.15) is 24.6 Å². The van der Waals surface area contributed by atoms with Crippen molar-refractivity contribution in [2.24, 2.45) is 5.92 Å². The van der Waals surface area contributed by atoms with Crippen molar-refractivity contribution in [2.45, 2.75) is 24.9 Å². The van der Waals surface area contributed by atoms with Crippen LogP contribution < -0.4 is 5.32 Å². The molecule has 112 valence electrons. The van der Waals surface area contributed by atoms with Gasteiger partial charge in [0.2, 0.25) is 0 Å². The summed E-state index contributed by atoms with van der Waals surface area (Å²) in [4.78, 5) is 2.41. The topological polar surface area (TPSA) is 75.4 Å². The van der Waals surface area contributed by atoms with Crippen LogP contribution in [0.5, 0.6) is 0 Å². The van der Waals surface area contributed by atoms with Gasteiger partial charge < -0.3 is 9.84 Å². The van der Waals surface area contributed by atoms with E-state index in [9.17, 15) is 8.42 Å². The maximum atomic E-state index is 11.5. The first-order chi connectivity index (χ1) is 9.53. The highest BCUT2D eigenvalue weighted by Crippen LogP contribution is 2.32. The van der Waals surface area contributed by atoms with Gasteiger partial charge >= 0.3 is 0 Å². The number of piperidine rings is 1. The number of hydrogen-bond acceptors (Lipinski definition) is 6. The van der Waals surface area contributed by atoms with Gasteiger partial charge in [0.1, 0.15) is 21.8 Å². The number of hydrogen-bond donors (Lipinski definition) is 1. The Labute approximate surface area is 119 Å². The normalized spacial score (nSPS) is 31.9. The number of fused-ring (bicyclic) bond motifs is 1. The van der Waals surface area contributed by atoms with Crippen LogP contribution in [-0.4, -0.2) is 56.2 Å². The fourth-order valence-electron chi connectivity index (χ4n) is 3.53. The summed E-state index contributed by atoms with van der Waals surface area (Å²) in [5, 5.41) is 7.55. The molecule has 2 fully saturated rings. The van der Waals surface area contributed by atoms with Crippen LogP contribution in [0.4, 0.5) is 0 Å². The van der Waals surface area contributed by atoms with Crippen molar-refractivity contribution in [1.29, 1.82) is 0 Å². The fourth-order valence-corrected chi connectivity index (χ4v) is 4.66. The number of rotatable bonds is 3. The minimum Gasteiger partial charge on any atom is -0.364 e. The van der Waals surface area contributed by atoms with Crippen molar-refractivity contribution < 1.29 is 12.9 Å². The number of piperazine rings is 1. The summed E-state index contributed by atoms with van der Waals surface area (Å²) in [6.07, 6.45) is 4.90. The lowest BCUT2D eigenvalue weighted by Crippen LogP contribution is -2.57. The summed E-state index contributed by atoms with van der Waals surface area (Å²) in [5.74, 6) is 0.565. The molecule has 0 bridgehead atoms. The highest BCUT2D eigenvalue weighted by Gasteiger charge is 2.38. The summed E-state index contributed by atoms with van der Waals surface area (Å²) < 4.78 is 27.9. The van der Waals surface area contributed by atoms with E-state index in [4.69, 9.17) is 4.52 Å². The Balaban J connectivity index is 1.69. The Morgan fingerprint density at radius 1 is 1.50 bits per heavy atom. The molecule has 2 saturated heterocycles. The van der Waals surface area contributed by atoms with Gasteiger partial charge in [0.25, 0.3) is 0 Å². The van der Waals surface area contributed by atoms with Gasteiger partial charge in [-0.1, -0.05) is 5.16 Å². The Morgan fingerprint density at radius 2 is 2.35 bits per heavy atom. The zero-order valence-electron chi connectivity index (χ0n) is 11.7. The Kier molecular flexibility index (Phi) is 3.83. The van der Waals surface area contributed by atoms with E-state index in [1.54, 1.807) is 6.26 Å². The smallest absolute Gasteiger partial charge is 0.147 e.